The Morgan fingerprint density at radius 1 is 1.14 bits per heavy atom. The van der Waals surface area contributed by atoms with E-state index < -0.39 is 0 Å². The van der Waals surface area contributed by atoms with E-state index in [0.717, 1.165) is 35.5 Å². The highest BCUT2D eigenvalue weighted by Crippen LogP contribution is 2.37. The second kappa shape index (κ2) is 8.03. The average Bonchev–Trinajstić information content (AvgIpc) is 2.88. The van der Waals surface area contributed by atoms with Crippen molar-refractivity contribution in [3.05, 3.63) is 23.3 Å². The minimum atomic E-state index is -0.176. The normalized spacial score (nSPS) is 16.2. The lowest BCUT2D eigenvalue weighted by atomic mass is 10.1. The van der Waals surface area contributed by atoms with Gasteiger partial charge >= 0.3 is 5.97 Å². The Morgan fingerprint density at radius 3 is 2.36 bits per heavy atom. The van der Waals surface area contributed by atoms with Gasteiger partial charge in [0.15, 0.2) is 0 Å². The van der Waals surface area contributed by atoms with E-state index >= 15 is 0 Å². The molecule has 0 bridgehead atoms. The summed E-state index contributed by atoms with van der Waals surface area (Å²) < 4.78 is 16.4. The largest absolute Gasteiger partial charge is 0.494 e. The van der Waals surface area contributed by atoms with Crippen molar-refractivity contribution in [3.63, 3.8) is 0 Å². The van der Waals surface area contributed by atoms with Gasteiger partial charge in [-0.05, 0) is 45.2 Å². The molecule has 5 nitrogen and oxygen atoms in total. The van der Waals surface area contributed by atoms with Crippen molar-refractivity contribution in [2.45, 2.75) is 45.6 Å². The van der Waals surface area contributed by atoms with Crippen LogP contribution in [0.4, 0.5) is 0 Å². The summed E-state index contributed by atoms with van der Waals surface area (Å²) in [6.45, 7) is 5.34. The minimum Gasteiger partial charge on any atom is -0.494 e. The van der Waals surface area contributed by atoms with E-state index in [2.05, 4.69) is 0 Å². The molecule has 1 aliphatic rings. The summed E-state index contributed by atoms with van der Waals surface area (Å²) >= 11 is 0. The highest BCUT2D eigenvalue weighted by atomic mass is 16.5. The molecule has 0 fully saturated rings. The third-order valence-electron chi connectivity index (χ3n) is 3.67. The van der Waals surface area contributed by atoms with E-state index in [0.29, 0.717) is 32.7 Å². The molecular formula is C17H25NO4. The molecule has 2 N–H and O–H groups in total. The van der Waals surface area contributed by atoms with Crippen LogP contribution in [0.1, 0.15) is 37.8 Å². The van der Waals surface area contributed by atoms with Crippen molar-refractivity contribution in [2.75, 3.05) is 19.8 Å². The number of fused-ring (bicyclic) bond motifs is 1. The van der Waals surface area contributed by atoms with Crippen LogP contribution < -0.4 is 15.2 Å². The second-order valence-electron chi connectivity index (χ2n) is 5.38. The first-order valence-corrected chi connectivity index (χ1v) is 7.97. The molecule has 1 aromatic rings. The summed E-state index contributed by atoms with van der Waals surface area (Å²) in [5.74, 6) is 1.59. The Balaban J connectivity index is 1.95. The summed E-state index contributed by atoms with van der Waals surface area (Å²) in [5.41, 5.74) is 8.39. The average molecular weight is 307 g/mol. The topological polar surface area (TPSA) is 70.8 Å². The molecule has 0 radical (unpaired) electrons. The molecule has 0 saturated heterocycles. The monoisotopic (exact) mass is 307 g/mol. The number of nitrogens with two attached hydrogens (primary N) is 1. The molecule has 0 heterocycles. The Hall–Kier alpha value is -1.75. The lowest BCUT2D eigenvalue weighted by Gasteiger charge is -2.14. The first-order chi connectivity index (χ1) is 10.7. The number of esters is 1. The highest BCUT2D eigenvalue weighted by molar-refractivity contribution is 5.69. The zero-order valence-electron chi connectivity index (χ0n) is 13.4. The molecule has 5 heteroatoms. The van der Waals surface area contributed by atoms with Crippen molar-refractivity contribution in [1.29, 1.82) is 0 Å². The molecule has 122 valence electrons. The minimum absolute atomic E-state index is 0.124. The number of ether oxygens (including phenoxy) is 3. The summed E-state index contributed by atoms with van der Waals surface area (Å²) in [5, 5.41) is 0. The number of hydrogen-bond donors (Lipinski definition) is 1. The van der Waals surface area contributed by atoms with Gasteiger partial charge in [-0.1, -0.05) is 0 Å². The first-order valence-electron chi connectivity index (χ1n) is 7.97. The first kappa shape index (κ1) is 16.6. The molecular weight excluding hydrogens is 282 g/mol. The maximum atomic E-state index is 11.3. The fourth-order valence-corrected chi connectivity index (χ4v) is 2.75. The van der Waals surface area contributed by atoms with Crippen LogP contribution in [-0.4, -0.2) is 31.8 Å². The second-order valence-corrected chi connectivity index (χ2v) is 5.38. The standard InChI is InChI=1S/C17H25NO4/c1-3-20-15-7-8-16(14-11-12(18)10-13(14)15)22-9-5-6-17(19)21-4-2/h7-8,12H,3-6,9-11,18H2,1-2H3. The highest BCUT2D eigenvalue weighted by Gasteiger charge is 2.25. The van der Waals surface area contributed by atoms with E-state index in [1.54, 1.807) is 6.92 Å². The van der Waals surface area contributed by atoms with Gasteiger partial charge in [0.25, 0.3) is 0 Å². The number of carbonyl (C=O) groups excluding carboxylic acids is 1. The van der Waals surface area contributed by atoms with Gasteiger partial charge in [-0.15, -0.1) is 0 Å². The Bertz CT molecular complexity index is 516. The van der Waals surface area contributed by atoms with Crippen LogP contribution in [0.5, 0.6) is 11.5 Å². The molecule has 22 heavy (non-hydrogen) atoms. The smallest absolute Gasteiger partial charge is 0.305 e. The zero-order chi connectivity index (χ0) is 15.9. The van der Waals surface area contributed by atoms with Gasteiger partial charge in [-0.25, -0.2) is 0 Å². The molecule has 2 rings (SSSR count). The Kier molecular flexibility index (Phi) is 6.07. The predicted octanol–water partition coefficient (Wildman–Crippen LogP) is 2.23. The van der Waals surface area contributed by atoms with Crippen molar-refractivity contribution in [3.8, 4) is 11.5 Å². The van der Waals surface area contributed by atoms with Gasteiger partial charge in [0, 0.05) is 23.6 Å². The van der Waals surface area contributed by atoms with Crippen LogP contribution >= 0.6 is 0 Å². The van der Waals surface area contributed by atoms with E-state index in [1.165, 1.54) is 0 Å². The lowest BCUT2D eigenvalue weighted by Crippen LogP contribution is -2.19. The van der Waals surface area contributed by atoms with E-state index in [4.69, 9.17) is 19.9 Å². The van der Waals surface area contributed by atoms with Gasteiger partial charge in [-0.2, -0.15) is 0 Å². The Labute approximate surface area is 131 Å². The summed E-state index contributed by atoms with van der Waals surface area (Å²) in [7, 11) is 0. The number of benzene rings is 1. The van der Waals surface area contributed by atoms with Gasteiger partial charge in [-0.3, -0.25) is 4.79 Å². The third-order valence-corrected chi connectivity index (χ3v) is 3.67. The number of rotatable bonds is 8. The third kappa shape index (κ3) is 4.13. The van der Waals surface area contributed by atoms with Crippen LogP contribution in [0.3, 0.4) is 0 Å². The summed E-state index contributed by atoms with van der Waals surface area (Å²) in [6, 6.07) is 4.01. The van der Waals surface area contributed by atoms with Crippen LogP contribution in [0.25, 0.3) is 0 Å². The van der Waals surface area contributed by atoms with Gasteiger partial charge in [0.05, 0.1) is 19.8 Å². The lowest BCUT2D eigenvalue weighted by molar-refractivity contribution is -0.143. The molecule has 1 aliphatic carbocycles. The number of carbonyl (C=O) groups is 1. The number of hydrogen-bond acceptors (Lipinski definition) is 5. The van der Waals surface area contributed by atoms with Crippen LogP contribution in [0.15, 0.2) is 12.1 Å². The molecule has 0 spiro atoms. The molecule has 0 aliphatic heterocycles. The molecule has 1 aromatic carbocycles. The van der Waals surface area contributed by atoms with Crippen LogP contribution in [0.2, 0.25) is 0 Å². The quantitative estimate of drug-likeness (QED) is 0.589. The SMILES string of the molecule is CCOC(=O)CCCOc1ccc(OCC)c2c1CC(N)C2. The Morgan fingerprint density at radius 2 is 1.77 bits per heavy atom. The molecule has 0 saturated carbocycles. The van der Waals surface area contributed by atoms with Crippen molar-refractivity contribution >= 4 is 5.97 Å². The van der Waals surface area contributed by atoms with E-state index in [9.17, 15) is 4.79 Å². The van der Waals surface area contributed by atoms with Gasteiger partial charge in [0.2, 0.25) is 0 Å². The fourth-order valence-electron chi connectivity index (χ4n) is 2.75. The van der Waals surface area contributed by atoms with Crippen molar-refractivity contribution in [1.82, 2.24) is 0 Å². The van der Waals surface area contributed by atoms with Crippen LogP contribution in [0, 0.1) is 0 Å². The maximum Gasteiger partial charge on any atom is 0.305 e. The molecule has 0 amide bonds. The zero-order valence-corrected chi connectivity index (χ0v) is 13.4. The van der Waals surface area contributed by atoms with E-state index in [-0.39, 0.29) is 12.0 Å². The fraction of sp³-hybridized carbons (Fsp3) is 0.588. The van der Waals surface area contributed by atoms with Gasteiger partial charge < -0.3 is 19.9 Å². The van der Waals surface area contributed by atoms with Gasteiger partial charge in [0.1, 0.15) is 11.5 Å². The van der Waals surface area contributed by atoms with Crippen molar-refractivity contribution in [2.24, 2.45) is 5.73 Å². The predicted molar refractivity (Wildman–Crippen MR) is 84.4 cm³/mol. The van der Waals surface area contributed by atoms with E-state index in [1.807, 2.05) is 19.1 Å². The molecule has 1 atom stereocenters. The van der Waals surface area contributed by atoms with Crippen molar-refractivity contribution < 1.29 is 19.0 Å². The van der Waals surface area contributed by atoms with Crippen LogP contribution in [-0.2, 0) is 22.4 Å². The molecule has 1 unspecified atom stereocenters. The summed E-state index contributed by atoms with van der Waals surface area (Å²) in [4.78, 5) is 11.3. The summed E-state index contributed by atoms with van der Waals surface area (Å²) in [6.07, 6.45) is 2.66. The maximum absolute atomic E-state index is 11.3. The molecule has 0 aromatic heterocycles.